The molecule has 1 unspecified atom stereocenters. The number of methoxy groups -OCH3 is 1. The molecule has 0 saturated carbocycles. The molecule has 4 rings (SSSR count). The lowest BCUT2D eigenvalue weighted by atomic mass is 10.1. The van der Waals surface area contributed by atoms with Crippen molar-refractivity contribution in [1.29, 1.82) is 0 Å². The van der Waals surface area contributed by atoms with Gasteiger partial charge < -0.3 is 14.2 Å². The standard InChI is InChI=1S/C19H15BrFN3O3/c1-26-14-5-3-13(4-6-14)24-10-12(9-17(24)25)19-22-18(23-27-19)11-2-7-16(21)15(20)8-11/h2-8,12H,9-10H2,1H3. The summed E-state index contributed by atoms with van der Waals surface area (Å²) in [6, 6.07) is 11.8. The van der Waals surface area contributed by atoms with Crippen molar-refractivity contribution < 1.29 is 18.4 Å². The number of halogens is 2. The number of aromatic nitrogens is 2. The molecule has 0 bridgehead atoms. The summed E-state index contributed by atoms with van der Waals surface area (Å²) < 4.78 is 24.2. The molecular weight excluding hydrogens is 417 g/mol. The van der Waals surface area contributed by atoms with Gasteiger partial charge >= 0.3 is 0 Å². The average molecular weight is 432 g/mol. The fourth-order valence-electron chi connectivity index (χ4n) is 3.04. The molecule has 0 N–H and O–H groups in total. The van der Waals surface area contributed by atoms with Crippen LogP contribution in [0.2, 0.25) is 0 Å². The van der Waals surface area contributed by atoms with Gasteiger partial charge in [0.15, 0.2) is 0 Å². The molecular formula is C19H15BrFN3O3. The van der Waals surface area contributed by atoms with Crippen LogP contribution in [0.3, 0.4) is 0 Å². The number of hydrogen-bond donors (Lipinski definition) is 0. The molecule has 138 valence electrons. The number of nitrogens with zero attached hydrogens (tertiary/aromatic N) is 3. The van der Waals surface area contributed by atoms with Gasteiger partial charge in [-0.25, -0.2) is 4.39 Å². The Hall–Kier alpha value is -2.74. The topological polar surface area (TPSA) is 68.5 Å². The number of rotatable bonds is 4. The second-order valence-corrected chi connectivity index (χ2v) is 7.04. The largest absolute Gasteiger partial charge is 0.497 e. The van der Waals surface area contributed by atoms with Crippen LogP contribution in [0.5, 0.6) is 5.75 Å². The Kier molecular flexibility index (Phi) is 4.65. The lowest BCUT2D eigenvalue weighted by molar-refractivity contribution is -0.117. The van der Waals surface area contributed by atoms with E-state index in [1.807, 2.05) is 24.3 Å². The Morgan fingerprint density at radius 1 is 1.26 bits per heavy atom. The molecule has 3 aromatic rings. The molecule has 1 fully saturated rings. The van der Waals surface area contributed by atoms with E-state index in [-0.39, 0.29) is 17.6 Å². The Balaban J connectivity index is 1.53. The molecule has 27 heavy (non-hydrogen) atoms. The smallest absolute Gasteiger partial charge is 0.232 e. The Morgan fingerprint density at radius 3 is 2.74 bits per heavy atom. The molecule has 1 aromatic heterocycles. The fourth-order valence-corrected chi connectivity index (χ4v) is 3.42. The maximum absolute atomic E-state index is 13.4. The van der Waals surface area contributed by atoms with Crippen LogP contribution in [0.4, 0.5) is 10.1 Å². The highest BCUT2D eigenvalue weighted by molar-refractivity contribution is 9.10. The third-order valence-electron chi connectivity index (χ3n) is 4.48. The van der Waals surface area contributed by atoms with Crippen LogP contribution in [0.1, 0.15) is 18.2 Å². The number of amides is 1. The third kappa shape index (κ3) is 3.44. The quantitative estimate of drug-likeness (QED) is 0.619. The third-order valence-corrected chi connectivity index (χ3v) is 5.09. The Labute approximate surface area is 163 Å². The summed E-state index contributed by atoms with van der Waals surface area (Å²) in [5.74, 6) is 0.933. The van der Waals surface area contributed by atoms with E-state index in [9.17, 15) is 9.18 Å². The summed E-state index contributed by atoms with van der Waals surface area (Å²) in [6.07, 6.45) is 0.292. The summed E-state index contributed by atoms with van der Waals surface area (Å²) in [4.78, 5) is 18.5. The zero-order valence-corrected chi connectivity index (χ0v) is 15.9. The first-order valence-electron chi connectivity index (χ1n) is 8.28. The summed E-state index contributed by atoms with van der Waals surface area (Å²) in [5.41, 5.74) is 1.43. The van der Waals surface area contributed by atoms with Crippen molar-refractivity contribution in [3.8, 4) is 17.1 Å². The summed E-state index contributed by atoms with van der Waals surface area (Å²) in [7, 11) is 1.60. The molecule has 1 aliphatic rings. The molecule has 8 heteroatoms. The van der Waals surface area contributed by atoms with E-state index in [1.54, 1.807) is 24.1 Å². The molecule has 2 heterocycles. The number of anilines is 1. The molecule has 1 saturated heterocycles. The highest BCUT2D eigenvalue weighted by atomic mass is 79.9. The van der Waals surface area contributed by atoms with E-state index in [1.165, 1.54) is 6.07 Å². The van der Waals surface area contributed by atoms with Gasteiger partial charge in [-0.2, -0.15) is 4.98 Å². The van der Waals surface area contributed by atoms with E-state index < -0.39 is 0 Å². The summed E-state index contributed by atoms with van der Waals surface area (Å²) >= 11 is 3.15. The second kappa shape index (κ2) is 7.11. The zero-order chi connectivity index (χ0) is 19.0. The number of ether oxygens (including phenoxy) is 1. The number of carbonyl (C=O) groups is 1. The van der Waals surface area contributed by atoms with Gasteiger partial charge in [-0.3, -0.25) is 4.79 Å². The number of hydrogen-bond acceptors (Lipinski definition) is 5. The molecule has 1 amide bonds. The first-order valence-corrected chi connectivity index (χ1v) is 9.08. The van der Waals surface area contributed by atoms with Crippen molar-refractivity contribution in [2.45, 2.75) is 12.3 Å². The lowest BCUT2D eigenvalue weighted by Gasteiger charge is -2.16. The van der Waals surface area contributed by atoms with Gasteiger partial charge in [0.05, 0.1) is 17.5 Å². The molecule has 1 aliphatic heterocycles. The molecule has 1 atom stereocenters. The first-order chi connectivity index (χ1) is 13.0. The fraction of sp³-hybridized carbons (Fsp3) is 0.211. The Bertz CT molecular complexity index is 990. The van der Waals surface area contributed by atoms with Gasteiger partial charge in [-0.15, -0.1) is 0 Å². The minimum Gasteiger partial charge on any atom is -0.497 e. The monoisotopic (exact) mass is 431 g/mol. The van der Waals surface area contributed by atoms with Crippen molar-refractivity contribution in [3.63, 3.8) is 0 Å². The van der Waals surface area contributed by atoms with E-state index in [0.29, 0.717) is 34.7 Å². The van der Waals surface area contributed by atoms with Crippen LogP contribution in [-0.4, -0.2) is 29.7 Å². The molecule has 0 radical (unpaired) electrons. The summed E-state index contributed by atoms with van der Waals surface area (Å²) in [5, 5.41) is 3.97. The molecule has 0 aliphatic carbocycles. The first kappa shape index (κ1) is 17.7. The normalized spacial score (nSPS) is 16.8. The van der Waals surface area contributed by atoms with Crippen LogP contribution in [-0.2, 0) is 4.79 Å². The number of benzene rings is 2. The van der Waals surface area contributed by atoms with E-state index in [0.717, 1.165) is 11.4 Å². The molecule has 6 nitrogen and oxygen atoms in total. The minimum atomic E-state index is -0.362. The maximum atomic E-state index is 13.4. The van der Waals surface area contributed by atoms with E-state index in [4.69, 9.17) is 9.26 Å². The summed E-state index contributed by atoms with van der Waals surface area (Å²) in [6.45, 7) is 0.458. The zero-order valence-electron chi connectivity index (χ0n) is 14.4. The van der Waals surface area contributed by atoms with Crippen molar-refractivity contribution in [1.82, 2.24) is 10.1 Å². The maximum Gasteiger partial charge on any atom is 0.232 e. The molecule has 2 aromatic carbocycles. The average Bonchev–Trinajstić information content (AvgIpc) is 3.31. The van der Waals surface area contributed by atoms with E-state index in [2.05, 4.69) is 26.1 Å². The molecule has 0 spiro atoms. The van der Waals surface area contributed by atoms with Crippen LogP contribution in [0.15, 0.2) is 51.5 Å². The van der Waals surface area contributed by atoms with E-state index >= 15 is 0 Å². The van der Waals surface area contributed by atoms with Gasteiger partial charge in [-0.05, 0) is 58.4 Å². The minimum absolute atomic E-state index is 0.00514. The van der Waals surface area contributed by atoms with Crippen molar-refractivity contribution in [3.05, 3.63) is 58.6 Å². The van der Waals surface area contributed by atoms with Crippen molar-refractivity contribution in [2.75, 3.05) is 18.6 Å². The second-order valence-electron chi connectivity index (χ2n) is 6.19. The van der Waals surface area contributed by atoms with Gasteiger partial charge in [-0.1, -0.05) is 5.16 Å². The predicted octanol–water partition coefficient (Wildman–Crippen LogP) is 4.17. The van der Waals surface area contributed by atoms with Crippen molar-refractivity contribution in [2.24, 2.45) is 0 Å². The van der Waals surface area contributed by atoms with Crippen LogP contribution in [0.25, 0.3) is 11.4 Å². The Morgan fingerprint density at radius 2 is 2.04 bits per heavy atom. The predicted molar refractivity (Wildman–Crippen MR) is 100 cm³/mol. The number of carbonyl (C=O) groups excluding carboxylic acids is 1. The van der Waals surface area contributed by atoms with Crippen LogP contribution < -0.4 is 9.64 Å². The van der Waals surface area contributed by atoms with Gasteiger partial charge in [0.1, 0.15) is 11.6 Å². The van der Waals surface area contributed by atoms with Crippen LogP contribution in [0, 0.1) is 5.82 Å². The lowest BCUT2D eigenvalue weighted by Crippen LogP contribution is -2.24. The highest BCUT2D eigenvalue weighted by Gasteiger charge is 2.35. The van der Waals surface area contributed by atoms with Crippen molar-refractivity contribution >= 4 is 27.5 Å². The highest BCUT2D eigenvalue weighted by Crippen LogP contribution is 2.33. The van der Waals surface area contributed by atoms with Gasteiger partial charge in [0.2, 0.25) is 17.6 Å². The SMILES string of the molecule is COc1ccc(N2CC(c3nc(-c4ccc(F)c(Br)c4)no3)CC2=O)cc1. The van der Waals surface area contributed by atoms with Crippen LogP contribution >= 0.6 is 15.9 Å². The van der Waals surface area contributed by atoms with Gasteiger partial charge in [0.25, 0.3) is 0 Å². The van der Waals surface area contributed by atoms with Gasteiger partial charge in [0, 0.05) is 24.2 Å².